The molecule has 0 bridgehead atoms. The van der Waals surface area contributed by atoms with E-state index in [1.165, 1.54) is 23.2 Å². The van der Waals surface area contributed by atoms with Gasteiger partial charge in [0.25, 0.3) is 12.3 Å². The van der Waals surface area contributed by atoms with Crippen molar-refractivity contribution in [1.29, 1.82) is 0 Å². The summed E-state index contributed by atoms with van der Waals surface area (Å²) in [6, 6.07) is 2.86. The van der Waals surface area contributed by atoms with Crippen molar-refractivity contribution in [1.82, 2.24) is 24.2 Å². The van der Waals surface area contributed by atoms with Crippen LogP contribution in [0, 0.1) is 6.92 Å². The number of aryl methyl sites for hydroxylation is 1. The number of nitrogens with zero attached hydrogens (tertiary/aromatic N) is 5. The average molecular weight is 547 g/mol. The third kappa shape index (κ3) is 6.62. The molecule has 0 aromatic carbocycles. The first-order valence-electron chi connectivity index (χ1n) is 10.7. The Morgan fingerprint density at radius 3 is 2.59 bits per heavy atom. The van der Waals surface area contributed by atoms with Crippen molar-refractivity contribution < 1.29 is 35.9 Å². The van der Waals surface area contributed by atoms with E-state index < -0.39 is 43.0 Å². The first-order valence-corrected chi connectivity index (χ1v) is 11.5. The van der Waals surface area contributed by atoms with Crippen LogP contribution >= 0.6 is 11.5 Å². The highest BCUT2D eigenvalue weighted by atomic mass is 32.1. The van der Waals surface area contributed by atoms with E-state index in [2.05, 4.69) is 30.0 Å². The summed E-state index contributed by atoms with van der Waals surface area (Å²) in [7, 11) is 0. The molecule has 2 atom stereocenters. The molecular formula is C21H19F6N7O2S. The monoisotopic (exact) mass is 547 g/mol. The van der Waals surface area contributed by atoms with Gasteiger partial charge in [-0.3, -0.25) is 9.69 Å². The zero-order valence-electron chi connectivity index (χ0n) is 19.0. The van der Waals surface area contributed by atoms with Crippen molar-refractivity contribution in [2.45, 2.75) is 31.8 Å². The molecule has 1 saturated heterocycles. The van der Waals surface area contributed by atoms with E-state index in [4.69, 9.17) is 4.74 Å². The maximum absolute atomic E-state index is 14.1. The number of anilines is 3. The number of nitrogens with one attached hydrogen (secondary N) is 2. The van der Waals surface area contributed by atoms with Gasteiger partial charge in [-0.2, -0.15) is 17.5 Å². The number of ether oxygens (including phenoxy) is 1. The molecule has 3 aromatic heterocycles. The van der Waals surface area contributed by atoms with Crippen LogP contribution in [-0.2, 0) is 6.18 Å². The van der Waals surface area contributed by atoms with E-state index in [-0.39, 0.29) is 41.0 Å². The Kier molecular flexibility index (Phi) is 7.77. The normalized spacial score (nSPS) is 18.3. The van der Waals surface area contributed by atoms with Gasteiger partial charge in [0.1, 0.15) is 16.9 Å². The third-order valence-corrected chi connectivity index (χ3v) is 6.06. The first-order chi connectivity index (χ1) is 17.5. The fourth-order valence-corrected chi connectivity index (χ4v) is 4.31. The van der Waals surface area contributed by atoms with Crippen LogP contribution in [-0.4, -0.2) is 68.5 Å². The van der Waals surface area contributed by atoms with Crippen molar-refractivity contribution in [2.75, 3.05) is 30.3 Å². The molecule has 0 spiro atoms. The van der Waals surface area contributed by atoms with Crippen LogP contribution in [0.2, 0.25) is 0 Å². The standard InChI is InChI=1S/C21H19F6N7O2S/c1-10-18(20(37-33-10)32-16-6-28-14(5-29-16)21(25,26)27)19(35)31-11-2-3-17(30-4-11)36-13-8-34(7-12(13)22)9-15(23)24/h2-6,12-13,15H,7-9H2,1H3,(H,29,32)(H,31,35). The zero-order chi connectivity index (χ0) is 26.7. The first kappa shape index (κ1) is 26.5. The lowest BCUT2D eigenvalue weighted by atomic mass is 10.2. The van der Waals surface area contributed by atoms with Gasteiger partial charge in [-0.25, -0.2) is 28.1 Å². The smallest absolute Gasteiger partial charge is 0.434 e. The quantitative estimate of drug-likeness (QED) is 0.402. The fourth-order valence-electron chi connectivity index (χ4n) is 3.51. The number of alkyl halides is 6. The molecule has 0 aliphatic carbocycles. The van der Waals surface area contributed by atoms with Gasteiger partial charge in [-0.05, 0) is 24.5 Å². The predicted octanol–water partition coefficient (Wildman–Crippen LogP) is 4.32. The Hall–Kier alpha value is -3.53. The lowest BCUT2D eigenvalue weighted by Gasteiger charge is -2.16. The second-order valence-electron chi connectivity index (χ2n) is 8.00. The number of pyridine rings is 1. The summed E-state index contributed by atoms with van der Waals surface area (Å²) in [5, 5.41) is 5.59. The summed E-state index contributed by atoms with van der Waals surface area (Å²) in [4.78, 5) is 25.2. The number of carbonyl (C=O) groups is 1. The fraction of sp³-hybridized carbons (Fsp3) is 0.381. The van der Waals surface area contributed by atoms with E-state index in [1.54, 1.807) is 6.92 Å². The van der Waals surface area contributed by atoms with Crippen LogP contribution < -0.4 is 15.4 Å². The number of rotatable bonds is 8. The molecule has 37 heavy (non-hydrogen) atoms. The van der Waals surface area contributed by atoms with Gasteiger partial charge in [0.05, 0.1) is 42.1 Å². The highest BCUT2D eigenvalue weighted by Gasteiger charge is 2.36. The molecule has 16 heteroatoms. The van der Waals surface area contributed by atoms with E-state index in [1.807, 2.05) is 0 Å². The van der Waals surface area contributed by atoms with Crippen molar-refractivity contribution in [3.8, 4) is 5.88 Å². The Morgan fingerprint density at radius 2 is 1.97 bits per heavy atom. The molecule has 2 unspecified atom stereocenters. The number of likely N-dealkylation sites (tertiary alicyclic amines) is 1. The van der Waals surface area contributed by atoms with Crippen LogP contribution in [0.5, 0.6) is 5.88 Å². The maximum Gasteiger partial charge on any atom is 0.434 e. The van der Waals surface area contributed by atoms with Gasteiger partial charge < -0.3 is 15.4 Å². The summed E-state index contributed by atoms with van der Waals surface area (Å²) in [6.45, 7) is 0.870. The molecule has 4 heterocycles. The SMILES string of the molecule is Cc1nsc(Nc2cnc(C(F)(F)F)cn2)c1C(=O)Nc1ccc(OC2CN(CC(F)F)CC2F)nc1. The summed E-state index contributed by atoms with van der Waals surface area (Å²) >= 11 is 0.910. The molecule has 9 nitrogen and oxygen atoms in total. The molecule has 1 aliphatic rings. The van der Waals surface area contributed by atoms with Crippen molar-refractivity contribution in [3.63, 3.8) is 0 Å². The van der Waals surface area contributed by atoms with E-state index >= 15 is 0 Å². The second kappa shape index (κ2) is 10.8. The van der Waals surface area contributed by atoms with E-state index in [0.29, 0.717) is 11.9 Å². The number of hydrogen-bond donors (Lipinski definition) is 2. The van der Waals surface area contributed by atoms with Crippen molar-refractivity contribution in [3.05, 3.63) is 47.7 Å². The highest BCUT2D eigenvalue weighted by Crippen LogP contribution is 2.30. The highest BCUT2D eigenvalue weighted by molar-refractivity contribution is 7.10. The lowest BCUT2D eigenvalue weighted by Crippen LogP contribution is -2.29. The molecule has 3 aromatic rings. The maximum atomic E-state index is 14.1. The van der Waals surface area contributed by atoms with Gasteiger partial charge in [0.2, 0.25) is 5.88 Å². The number of aromatic nitrogens is 4. The Morgan fingerprint density at radius 1 is 1.19 bits per heavy atom. The minimum atomic E-state index is -4.63. The van der Waals surface area contributed by atoms with Crippen LogP contribution in [0.15, 0.2) is 30.7 Å². The minimum absolute atomic E-state index is 0.00477. The lowest BCUT2D eigenvalue weighted by molar-refractivity contribution is -0.141. The summed E-state index contributed by atoms with van der Waals surface area (Å²) in [6.07, 6.45) is -6.88. The molecule has 0 radical (unpaired) electrons. The second-order valence-corrected chi connectivity index (χ2v) is 8.78. The molecule has 2 N–H and O–H groups in total. The Labute approximate surface area is 210 Å². The molecule has 4 rings (SSSR count). The summed E-state index contributed by atoms with van der Waals surface area (Å²) < 4.78 is 86.8. The largest absolute Gasteiger partial charge is 0.470 e. The summed E-state index contributed by atoms with van der Waals surface area (Å²) in [5.74, 6) is -0.536. The van der Waals surface area contributed by atoms with Gasteiger partial charge in [0.15, 0.2) is 11.9 Å². The van der Waals surface area contributed by atoms with Crippen LogP contribution in [0.3, 0.4) is 0 Å². The molecule has 198 valence electrons. The number of halogens is 6. The number of carbonyl (C=O) groups excluding carboxylic acids is 1. The zero-order valence-corrected chi connectivity index (χ0v) is 19.8. The third-order valence-electron chi connectivity index (χ3n) is 5.21. The molecular weight excluding hydrogens is 528 g/mol. The number of amides is 1. The van der Waals surface area contributed by atoms with Gasteiger partial charge in [-0.15, -0.1) is 0 Å². The van der Waals surface area contributed by atoms with Crippen molar-refractivity contribution in [2.24, 2.45) is 0 Å². The Balaban J connectivity index is 1.38. The van der Waals surface area contributed by atoms with Gasteiger partial charge in [-0.1, -0.05) is 0 Å². The molecule has 1 amide bonds. The average Bonchev–Trinajstić information content (AvgIpc) is 3.35. The minimum Gasteiger partial charge on any atom is -0.470 e. The molecule has 1 aliphatic heterocycles. The Bertz CT molecular complexity index is 1220. The van der Waals surface area contributed by atoms with Crippen LogP contribution in [0.1, 0.15) is 21.7 Å². The van der Waals surface area contributed by atoms with Crippen LogP contribution in [0.25, 0.3) is 0 Å². The van der Waals surface area contributed by atoms with Gasteiger partial charge >= 0.3 is 6.18 Å². The van der Waals surface area contributed by atoms with E-state index in [9.17, 15) is 31.1 Å². The predicted molar refractivity (Wildman–Crippen MR) is 121 cm³/mol. The molecule has 1 fully saturated rings. The summed E-state index contributed by atoms with van der Waals surface area (Å²) in [5.41, 5.74) is -0.388. The topological polar surface area (TPSA) is 105 Å². The molecule has 0 saturated carbocycles. The van der Waals surface area contributed by atoms with Crippen LogP contribution in [0.4, 0.5) is 42.8 Å². The van der Waals surface area contributed by atoms with E-state index in [0.717, 1.165) is 17.7 Å². The van der Waals surface area contributed by atoms with Crippen molar-refractivity contribution >= 4 is 33.9 Å². The van der Waals surface area contributed by atoms with Gasteiger partial charge in [0, 0.05) is 19.2 Å². The number of hydrogen-bond acceptors (Lipinski definition) is 9.